The minimum absolute atomic E-state index is 0.222. The Balaban J connectivity index is 2.03. The summed E-state index contributed by atoms with van der Waals surface area (Å²) in [5.41, 5.74) is -0.538. The van der Waals surface area contributed by atoms with Gasteiger partial charge in [0, 0.05) is 12.6 Å². The predicted octanol–water partition coefficient (Wildman–Crippen LogP) is 3.97. The van der Waals surface area contributed by atoms with Gasteiger partial charge in [0.2, 0.25) is 0 Å². The van der Waals surface area contributed by atoms with Gasteiger partial charge in [0.25, 0.3) is 0 Å². The van der Waals surface area contributed by atoms with Gasteiger partial charge in [0.05, 0.1) is 18.0 Å². The monoisotopic (exact) mass is 375 g/mol. The molecular weight excluding hydrogens is 354 g/mol. The number of thiophene rings is 1. The number of carbonyl (C=O) groups excluding carboxylic acids is 2. The molecule has 2 heterocycles. The zero-order valence-electron chi connectivity index (χ0n) is 14.3. The summed E-state index contributed by atoms with van der Waals surface area (Å²) in [6.45, 7) is 6.53. The first-order chi connectivity index (χ1) is 11.2. The van der Waals surface area contributed by atoms with Crippen LogP contribution in [0, 0.1) is 0 Å². The van der Waals surface area contributed by atoms with E-state index in [0.717, 1.165) is 24.2 Å². The maximum Gasteiger partial charge on any atom is 0.410 e. The summed E-state index contributed by atoms with van der Waals surface area (Å²) in [7, 11) is 1.31. The van der Waals surface area contributed by atoms with Crippen molar-refractivity contribution < 1.29 is 23.8 Å². The normalized spacial score (nSPS) is 18.2. The number of piperidine rings is 1. The van der Waals surface area contributed by atoms with E-state index in [2.05, 4.69) is 0 Å². The predicted molar refractivity (Wildman–Crippen MR) is 92.1 cm³/mol. The van der Waals surface area contributed by atoms with E-state index in [1.807, 2.05) is 20.8 Å². The molecule has 1 aromatic rings. The van der Waals surface area contributed by atoms with Crippen LogP contribution < -0.4 is 4.74 Å². The zero-order chi connectivity index (χ0) is 17.9. The number of halogens is 1. The van der Waals surface area contributed by atoms with E-state index in [9.17, 15) is 9.59 Å². The van der Waals surface area contributed by atoms with Crippen molar-refractivity contribution in [2.24, 2.45) is 0 Å². The van der Waals surface area contributed by atoms with Crippen LogP contribution in [0.4, 0.5) is 4.79 Å². The molecule has 0 radical (unpaired) electrons. The van der Waals surface area contributed by atoms with Crippen LogP contribution >= 0.6 is 22.9 Å². The molecule has 1 aromatic heterocycles. The molecule has 8 heteroatoms. The number of rotatable bonds is 3. The van der Waals surface area contributed by atoms with Crippen molar-refractivity contribution in [3.05, 3.63) is 15.3 Å². The lowest BCUT2D eigenvalue weighted by molar-refractivity contribution is 0.00752. The molecule has 1 saturated heterocycles. The Bertz CT molecular complexity index is 610. The van der Waals surface area contributed by atoms with Gasteiger partial charge in [0.15, 0.2) is 4.88 Å². The smallest absolute Gasteiger partial charge is 0.410 e. The lowest BCUT2D eigenvalue weighted by Crippen LogP contribution is -2.46. The summed E-state index contributed by atoms with van der Waals surface area (Å²) < 4.78 is 16.5. The molecule has 0 saturated carbocycles. The van der Waals surface area contributed by atoms with Crippen molar-refractivity contribution in [1.29, 1.82) is 0 Å². The molecule has 0 aromatic carbocycles. The van der Waals surface area contributed by atoms with Crippen LogP contribution in [0.3, 0.4) is 0 Å². The molecule has 0 aliphatic carbocycles. The van der Waals surface area contributed by atoms with E-state index in [0.29, 0.717) is 28.1 Å². The fraction of sp³-hybridized carbons (Fsp3) is 0.625. The number of methoxy groups -OCH3 is 1. The molecule has 1 amide bonds. The van der Waals surface area contributed by atoms with Crippen LogP contribution in [-0.4, -0.2) is 48.9 Å². The Morgan fingerprint density at radius 2 is 2.08 bits per heavy atom. The number of amides is 1. The minimum atomic E-state index is -0.538. The van der Waals surface area contributed by atoms with Crippen molar-refractivity contribution in [2.75, 3.05) is 20.2 Å². The van der Waals surface area contributed by atoms with E-state index < -0.39 is 11.6 Å². The fourth-order valence-corrected chi connectivity index (χ4v) is 3.44. The molecule has 1 unspecified atom stereocenters. The second kappa shape index (κ2) is 7.61. The highest BCUT2D eigenvalue weighted by Gasteiger charge is 2.30. The third-order valence-electron chi connectivity index (χ3n) is 3.36. The quantitative estimate of drug-likeness (QED) is 0.748. The molecule has 1 aliphatic heterocycles. The van der Waals surface area contributed by atoms with E-state index >= 15 is 0 Å². The summed E-state index contributed by atoms with van der Waals surface area (Å²) in [5, 5.41) is 0. The average Bonchev–Trinajstić information content (AvgIpc) is 2.85. The average molecular weight is 376 g/mol. The summed E-state index contributed by atoms with van der Waals surface area (Å²) in [6, 6.07) is 1.60. The molecule has 134 valence electrons. The van der Waals surface area contributed by atoms with Crippen LogP contribution in [0.1, 0.15) is 43.3 Å². The Kier molecular flexibility index (Phi) is 5.98. The van der Waals surface area contributed by atoms with E-state index in [1.165, 1.54) is 7.11 Å². The number of hydrogen-bond acceptors (Lipinski definition) is 6. The lowest BCUT2D eigenvalue weighted by Gasteiger charge is -2.34. The maximum atomic E-state index is 12.2. The van der Waals surface area contributed by atoms with Gasteiger partial charge in [-0.15, -0.1) is 11.3 Å². The molecule has 1 atom stereocenters. The number of ether oxygens (including phenoxy) is 3. The SMILES string of the molecule is COC(=O)c1sc(Cl)cc1OC1CCCN(C(=O)OC(C)(C)C)C1. The van der Waals surface area contributed by atoms with Crippen LogP contribution in [0.2, 0.25) is 4.34 Å². The topological polar surface area (TPSA) is 65.1 Å². The summed E-state index contributed by atoms with van der Waals surface area (Å²) in [4.78, 5) is 25.9. The van der Waals surface area contributed by atoms with Crippen molar-refractivity contribution >= 4 is 35.0 Å². The molecule has 0 N–H and O–H groups in total. The van der Waals surface area contributed by atoms with Gasteiger partial charge in [-0.1, -0.05) is 11.6 Å². The van der Waals surface area contributed by atoms with Crippen LogP contribution in [0.25, 0.3) is 0 Å². The fourth-order valence-electron chi connectivity index (χ4n) is 2.37. The van der Waals surface area contributed by atoms with Gasteiger partial charge in [-0.3, -0.25) is 0 Å². The van der Waals surface area contributed by atoms with Crippen molar-refractivity contribution in [2.45, 2.75) is 45.3 Å². The minimum Gasteiger partial charge on any atom is -0.487 e. The second-order valence-corrected chi connectivity index (χ2v) is 8.23. The third-order valence-corrected chi connectivity index (χ3v) is 4.59. The van der Waals surface area contributed by atoms with Gasteiger partial charge in [-0.2, -0.15) is 0 Å². The Morgan fingerprint density at radius 3 is 2.71 bits per heavy atom. The Hall–Kier alpha value is -1.47. The highest BCUT2D eigenvalue weighted by atomic mass is 35.5. The number of esters is 1. The molecule has 24 heavy (non-hydrogen) atoms. The molecule has 0 bridgehead atoms. The van der Waals surface area contributed by atoms with Crippen molar-refractivity contribution in [1.82, 2.24) is 4.90 Å². The molecular formula is C16H22ClNO5S. The first-order valence-electron chi connectivity index (χ1n) is 7.72. The Morgan fingerprint density at radius 1 is 1.38 bits per heavy atom. The number of carbonyl (C=O) groups is 2. The molecule has 1 fully saturated rings. The second-order valence-electron chi connectivity index (χ2n) is 6.54. The first-order valence-corrected chi connectivity index (χ1v) is 8.91. The van der Waals surface area contributed by atoms with E-state index in [4.69, 9.17) is 25.8 Å². The molecule has 2 rings (SSSR count). The van der Waals surface area contributed by atoms with Crippen LogP contribution in [-0.2, 0) is 9.47 Å². The van der Waals surface area contributed by atoms with Gasteiger partial charge in [-0.05, 0) is 33.6 Å². The molecule has 1 aliphatic rings. The zero-order valence-corrected chi connectivity index (χ0v) is 15.8. The van der Waals surface area contributed by atoms with Gasteiger partial charge < -0.3 is 19.1 Å². The summed E-state index contributed by atoms with van der Waals surface area (Å²) in [5.74, 6) is -0.0883. The van der Waals surface area contributed by atoms with Crippen molar-refractivity contribution in [3.63, 3.8) is 0 Å². The van der Waals surface area contributed by atoms with Gasteiger partial charge in [-0.25, -0.2) is 9.59 Å². The van der Waals surface area contributed by atoms with Gasteiger partial charge in [0.1, 0.15) is 17.5 Å². The van der Waals surface area contributed by atoms with E-state index in [1.54, 1.807) is 11.0 Å². The van der Waals surface area contributed by atoms with Gasteiger partial charge >= 0.3 is 12.1 Å². The largest absolute Gasteiger partial charge is 0.487 e. The summed E-state index contributed by atoms with van der Waals surface area (Å²) in [6.07, 6.45) is 1.01. The highest BCUT2D eigenvalue weighted by molar-refractivity contribution is 7.18. The third kappa shape index (κ3) is 5.01. The van der Waals surface area contributed by atoms with Crippen molar-refractivity contribution in [3.8, 4) is 5.75 Å². The number of likely N-dealkylation sites (tertiary alicyclic amines) is 1. The molecule has 0 spiro atoms. The lowest BCUT2D eigenvalue weighted by atomic mass is 10.1. The number of nitrogens with zero attached hydrogens (tertiary/aromatic N) is 1. The van der Waals surface area contributed by atoms with Crippen LogP contribution in [0.5, 0.6) is 5.75 Å². The first kappa shape index (κ1) is 18.9. The standard InChI is InChI=1S/C16H22ClNO5S/c1-16(2,3)23-15(20)18-7-5-6-10(9-18)22-11-8-12(17)24-13(11)14(19)21-4/h8,10H,5-7,9H2,1-4H3. The maximum absolute atomic E-state index is 12.2. The van der Waals surface area contributed by atoms with Crippen LogP contribution in [0.15, 0.2) is 6.07 Å². The van der Waals surface area contributed by atoms with E-state index in [-0.39, 0.29) is 12.2 Å². The summed E-state index contributed by atoms with van der Waals surface area (Å²) >= 11 is 7.09. The Labute approximate surface area is 150 Å². The molecule has 6 nitrogen and oxygen atoms in total. The highest BCUT2D eigenvalue weighted by Crippen LogP contribution is 2.35. The number of hydrogen-bond donors (Lipinski definition) is 0.